The van der Waals surface area contributed by atoms with Crippen LogP contribution in [0.1, 0.15) is 10.5 Å². The molecule has 12 heteroatoms. The maximum atomic E-state index is 12.5. The summed E-state index contributed by atoms with van der Waals surface area (Å²) >= 11 is 3.09. The lowest BCUT2D eigenvalue weighted by molar-refractivity contribution is -0.274. The third-order valence-electron chi connectivity index (χ3n) is 4.69. The molecule has 0 spiro atoms. The van der Waals surface area contributed by atoms with Crippen molar-refractivity contribution in [1.29, 1.82) is 0 Å². The van der Waals surface area contributed by atoms with Gasteiger partial charge in [0.1, 0.15) is 22.9 Å². The Morgan fingerprint density at radius 2 is 1.85 bits per heavy atom. The maximum Gasteiger partial charge on any atom is 0.573 e. The van der Waals surface area contributed by atoms with Gasteiger partial charge in [-0.3, -0.25) is 9.78 Å². The molecule has 2 N–H and O–H groups in total. The van der Waals surface area contributed by atoms with Crippen LogP contribution in [0.2, 0.25) is 0 Å². The van der Waals surface area contributed by atoms with Crippen molar-refractivity contribution in [2.24, 2.45) is 7.05 Å². The first-order chi connectivity index (χ1) is 16.1. The normalized spacial score (nSPS) is 11.4. The van der Waals surface area contributed by atoms with Crippen molar-refractivity contribution < 1.29 is 27.4 Å². The van der Waals surface area contributed by atoms with Crippen LogP contribution >= 0.6 is 15.9 Å². The Morgan fingerprint density at radius 1 is 1.09 bits per heavy atom. The number of rotatable bonds is 6. The van der Waals surface area contributed by atoms with Gasteiger partial charge in [-0.15, -0.1) is 13.2 Å². The lowest BCUT2D eigenvalue weighted by Gasteiger charge is -2.12. The quantitative estimate of drug-likeness (QED) is 0.337. The number of aromatic nitrogens is 3. The van der Waals surface area contributed by atoms with E-state index >= 15 is 0 Å². The van der Waals surface area contributed by atoms with Crippen molar-refractivity contribution in [3.8, 4) is 17.2 Å². The predicted octanol–water partition coefficient (Wildman–Crippen LogP) is 5.52. The number of hydrogen-bond acceptors (Lipinski definition) is 6. The number of benzene rings is 2. The molecule has 2 heterocycles. The van der Waals surface area contributed by atoms with Crippen LogP contribution in [0.25, 0.3) is 11.0 Å². The average molecular weight is 536 g/mol. The largest absolute Gasteiger partial charge is 0.573 e. The van der Waals surface area contributed by atoms with Crippen molar-refractivity contribution in [2.45, 2.75) is 6.36 Å². The number of pyridine rings is 1. The molecular formula is C22H17BrF3N5O3. The topological polar surface area (TPSA) is 90.3 Å². The van der Waals surface area contributed by atoms with Crippen molar-refractivity contribution in [3.63, 3.8) is 0 Å². The summed E-state index contributed by atoms with van der Waals surface area (Å²) in [6, 6.07) is 12.6. The summed E-state index contributed by atoms with van der Waals surface area (Å²) in [4.78, 5) is 20.3. The number of anilines is 2. The van der Waals surface area contributed by atoms with Gasteiger partial charge in [0.2, 0.25) is 5.95 Å². The smallest absolute Gasteiger partial charge is 0.457 e. The van der Waals surface area contributed by atoms with Crippen molar-refractivity contribution in [2.75, 3.05) is 12.4 Å². The Balaban J connectivity index is 1.55. The number of aryl methyl sites for hydroxylation is 1. The van der Waals surface area contributed by atoms with Crippen LogP contribution in [0.5, 0.6) is 17.2 Å². The molecule has 0 saturated carbocycles. The van der Waals surface area contributed by atoms with Gasteiger partial charge >= 0.3 is 6.36 Å². The van der Waals surface area contributed by atoms with Crippen molar-refractivity contribution in [1.82, 2.24) is 19.9 Å². The number of nitrogens with zero attached hydrogens (tertiary/aromatic N) is 3. The molecule has 4 aromatic rings. The SMILES string of the molecule is CNC(=O)c1cc(Oc2ccc3c(c2)nc(Nc2ccc(OC(F)(F)F)c(Br)c2)n3C)ccn1. The summed E-state index contributed by atoms with van der Waals surface area (Å²) in [7, 11) is 3.31. The Morgan fingerprint density at radius 3 is 2.56 bits per heavy atom. The summed E-state index contributed by atoms with van der Waals surface area (Å²) in [6.07, 6.45) is -3.31. The Labute approximate surface area is 199 Å². The fourth-order valence-corrected chi connectivity index (χ4v) is 3.59. The molecule has 0 aliphatic carbocycles. The molecule has 0 bridgehead atoms. The van der Waals surface area contributed by atoms with Gasteiger partial charge in [0.25, 0.3) is 5.91 Å². The zero-order chi connectivity index (χ0) is 24.5. The molecule has 34 heavy (non-hydrogen) atoms. The van der Waals surface area contributed by atoms with Crippen LogP contribution in [0, 0.1) is 0 Å². The Kier molecular flexibility index (Phi) is 6.33. The van der Waals surface area contributed by atoms with Gasteiger partial charge in [0.15, 0.2) is 0 Å². The molecule has 176 valence electrons. The second-order valence-corrected chi connectivity index (χ2v) is 7.88. The van der Waals surface area contributed by atoms with Crippen molar-refractivity contribution >= 4 is 44.5 Å². The highest BCUT2D eigenvalue weighted by atomic mass is 79.9. The minimum absolute atomic E-state index is 0.137. The predicted molar refractivity (Wildman–Crippen MR) is 123 cm³/mol. The van der Waals surface area contributed by atoms with Gasteiger partial charge in [0.05, 0.1) is 15.5 Å². The number of alkyl halides is 3. The number of amides is 1. The fourth-order valence-electron chi connectivity index (χ4n) is 3.13. The monoisotopic (exact) mass is 535 g/mol. The molecular weight excluding hydrogens is 519 g/mol. The molecule has 0 atom stereocenters. The highest BCUT2D eigenvalue weighted by Gasteiger charge is 2.32. The van der Waals surface area contributed by atoms with E-state index in [1.165, 1.54) is 37.5 Å². The summed E-state index contributed by atoms with van der Waals surface area (Å²) in [5.41, 5.74) is 2.16. The molecule has 1 amide bonds. The van der Waals surface area contributed by atoms with Crippen LogP contribution in [-0.4, -0.2) is 33.9 Å². The molecule has 2 aromatic heterocycles. The molecule has 0 saturated heterocycles. The number of imidazole rings is 1. The first-order valence-electron chi connectivity index (χ1n) is 9.78. The molecule has 8 nitrogen and oxygen atoms in total. The van der Waals surface area contributed by atoms with E-state index in [9.17, 15) is 18.0 Å². The van der Waals surface area contributed by atoms with E-state index in [1.54, 1.807) is 29.8 Å². The first-order valence-corrected chi connectivity index (χ1v) is 10.6. The van der Waals surface area contributed by atoms with E-state index in [1.807, 2.05) is 6.07 Å². The van der Waals surface area contributed by atoms with Crippen LogP contribution < -0.4 is 20.1 Å². The van der Waals surface area contributed by atoms with Gasteiger partial charge < -0.3 is 24.7 Å². The molecule has 4 rings (SSSR count). The number of hydrogen-bond donors (Lipinski definition) is 2. The lowest BCUT2D eigenvalue weighted by Crippen LogP contribution is -2.18. The third-order valence-corrected chi connectivity index (χ3v) is 5.31. The summed E-state index contributed by atoms with van der Waals surface area (Å²) in [5, 5.41) is 5.58. The third kappa shape index (κ3) is 5.22. The number of halogens is 4. The zero-order valence-electron chi connectivity index (χ0n) is 17.8. The van der Waals surface area contributed by atoms with Crippen LogP contribution in [0.15, 0.2) is 59.2 Å². The lowest BCUT2D eigenvalue weighted by atomic mass is 10.3. The number of carbonyl (C=O) groups is 1. The number of carbonyl (C=O) groups excluding carboxylic acids is 1. The van der Waals surface area contributed by atoms with Gasteiger partial charge in [-0.1, -0.05) is 0 Å². The van der Waals surface area contributed by atoms with Gasteiger partial charge in [-0.25, -0.2) is 4.98 Å². The summed E-state index contributed by atoms with van der Waals surface area (Å²) in [6.45, 7) is 0. The zero-order valence-corrected chi connectivity index (χ0v) is 19.4. The summed E-state index contributed by atoms with van der Waals surface area (Å²) in [5.74, 6) is 0.733. The highest BCUT2D eigenvalue weighted by molar-refractivity contribution is 9.10. The van der Waals surface area contributed by atoms with E-state index in [4.69, 9.17) is 4.74 Å². The van der Waals surface area contributed by atoms with Crippen LogP contribution in [0.4, 0.5) is 24.8 Å². The molecule has 0 unspecified atom stereocenters. The Hall–Kier alpha value is -3.80. The Bertz CT molecular complexity index is 1370. The summed E-state index contributed by atoms with van der Waals surface area (Å²) < 4.78 is 49.2. The van der Waals surface area contributed by atoms with Gasteiger partial charge in [-0.2, -0.15) is 0 Å². The standard InChI is InChI=1S/C22H17BrF3N5O3/c1-27-20(32)17-11-14(7-8-28-17)33-13-4-5-18-16(10-13)30-21(31(18)2)29-12-3-6-19(15(23)9-12)34-22(24,25)26/h3-11H,1-2H3,(H,27,32)(H,29,30). The number of fused-ring (bicyclic) bond motifs is 1. The number of ether oxygens (including phenoxy) is 2. The van der Waals surface area contributed by atoms with Gasteiger partial charge in [-0.05, 0) is 52.3 Å². The molecule has 0 aliphatic rings. The van der Waals surface area contributed by atoms with Crippen LogP contribution in [-0.2, 0) is 7.05 Å². The van der Waals surface area contributed by atoms with Crippen molar-refractivity contribution in [3.05, 3.63) is 64.9 Å². The minimum Gasteiger partial charge on any atom is -0.457 e. The minimum atomic E-state index is -4.78. The first kappa shape index (κ1) is 23.4. The second kappa shape index (κ2) is 9.21. The molecule has 0 radical (unpaired) electrons. The second-order valence-electron chi connectivity index (χ2n) is 7.02. The van der Waals surface area contributed by atoms with E-state index < -0.39 is 6.36 Å². The van der Waals surface area contributed by atoms with Gasteiger partial charge in [0, 0.05) is 38.1 Å². The van der Waals surface area contributed by atoms with E-state index in [2.05, 4.69) is 41.3 Å². The van der Waals surface area contributed by atoms with E-state index in [0.29, 0.717) is 28.7 Å². The fraction of sp³-hybridized carbons (Fsp3) is 0.136. The maximum absolute atomic E-state index is 12.5. The van der Waals surface area contributed by atoms with E-state index in [0.717, 1.165) is 5.52 Å². The average Bonchev–Trinajstić information content (AvgIpc) is 3.09. The number of nitrogens with one attached hydrogen (secondary N) is 2. The van der Waals surface area contributed by atoms with E-state index in [-0.39, 0.29) is 21.8 Å². The molecule has 0 fully saturated rings. The molecule has 0 aliphatic heterocycles. The van der Waals surface area contributed by atoms with Crippen LogP contribution in [0.3, 0.4) is 0 Å². The highest BCUT2D eigenvalue weighted by Crippen LogP contribution is 2.34. The molecule has 2 aromatic carbocycles.